The molecule has 1 heterocycles. The van der Waals surface area contributed by atoms with Crippen LogP contribution in [0, 0.1) is 11.3 Å². The molecule has 1 saturated carbocycles. The van der Waals surface area contributed by atoms with Crippen LogP contribution in [0.2, 0.25) is 0 Å². The number of aryl methyl sites for hydroxylation is 1. The highest BCUT2D eigenvalue weighted by molar-refractivity contribution is 5.13. The minimum Gasteiger partial charge on any atom is -0.309 e. The van der Waals surface area contributed by atoms with Gasteiger partial charge in [0.1, 0.15) is 0 Å². The Kier molecular flexibility index (Phi) is 3.52. The summed E-state index contributed by atoms with van der Waals surface area (Å²) in [4.78, 5) is 0. The molecule has 0 aliphatic heterocycles. The minimum atomic E-state index is 0.413. The number of hydrogen-bond acceptors (Lipinski definition) is 3. The second-order valence-electron chi connectivity index (χ2n) is 5.72. The lowest BCUT2D eigenvalue weighted by Crippen LogP contribution is -2.27. The highest BCUT2D eigenvalue weighted by Gasteiger charge is 2.51. The molecule has 2 rings (SSSR count). The summed E-state index contributed by atoms with van der Waals surface area (Å²) in [5.41, 5.74) is 1.72. The van der Waals surface area contributed by atoms with Gasteiger partial charge in [-0.15, -0.1) is 5.10 Å². The molecule has 0 saturated heterocycles. The average Bonchev–Trinajstić information content (AvgIpc) is 2.72. The van der Waals surface area contributed by atoms with Crippen molar-refractivity contribution < 1.29 is 0 Å². The molecule has 2 atom stereocenters. The molecule has 0 bridgehead atoms. The largest absolute Gasteiger partial charge is 0.309 e. The fourth-order valence-electron chi connectivity index (χ4n) is 2.64. The second-order valence-corrected chi connectivity index (χ2v) is 5.72. The Morgan fingerprint density at radius 3 is 2.76 bits per heavy atom. The van der Waals surface area contributed by atoms with E-state index >= 15 is 0 Å². The number of hydrogen-bond donors (Lipinski definition) is 1. The molecule has 0 radical (unpaired) electrons. The molecular weight excluding hydrogens is 212 g/mol. The lowest BCUT2D eigenvalue weighted by atomic mass is 10.0. The van der Waals surface area contributed by atoms with Crippen LogP contribution in [-0.2, 0) is 6.54 Å². The smallest absolute Gasteiger partial charge is 0.0759 e. The Morgan fingerprint density at radius 2 is 2.24 bits per heavy atom. The average molecular weight is 236 g/mol. The zero-order valence-corrected chi connectivity index (χ0v) is 11.4. The Bertz CT molecular complexity index is 369. The molecule has 1 aromatic rings. The van der Waals surface area contributed by atoms with Crippen molar-refractivity contribution in [1.29, 1.82) is 0 Å². The first-order valence-corrected chi connectivity index (χ1v) is 6.72. The van der Waals surface area contributed by atoms with E-state index in [0.29, 0.717) is 11.5 Å². The molecule has 1 aliphatic rings. The van der Waals surface area contributed by atoms with Gasteiger partial charge in [-0.3, -0.25) is 0 Å². The van der Waals surface area contributed by atoms with Crippen LogP contribution in [0.4, 0.5) is 0 Å². The first-order chi connectivity index (χ1) is 8.10. The number of nitrogens with one attached hydrogen (secondary N) is 1. The molecule has 96 valence electrons. The van der Waals surface area contributed by atoms with Crippen LogP contribution < -0.4 is 5.32 Å². The highest BCUT2D eigenvalue weighted by atomic mass is 15.4. The number of rotatable bonds is 6. The Hall–Kier alpha value is -0.900. The summed E-state index contributed by atoms with van der Waals surface area (Å²) in [5, 5.41) is 11.9. The van der Waals surface area contributed by atoms with E-state index in [-0.39, 0.29) is 0 Å². The van der Waals surface area contributed by atoms with E-state index in [1.54, 1.807) is 0 Å². The summed E-state index contributed by atoms with van der Waals surface area (Å²) in [6.07, 6.45) is 4.32. The van der Waals surface area contributed by atoms with Crippen LogP contribution in [0.1, 0.15) is 52.3 Å². The van der Waals surface area contributed by atoms with Crippen molar-refractivity contribution in [2.75, 3.05) is 6.54 Å². The van der Waals surface area contributed by atoms with Crippen LogP contribution in [0.15, 0.2) is 6.20 Å². The van der Waals surface area contributed by atoms with Crippen molar-refractivity contribution in [3.8, 4) is 0 Å². The van der Waals surface area contributed by atoms with Crippen LogP contribution in [0.5, 0.6) is 0 Å². The van der Waals surface area contributed by atoms with Crippen molar-refractivity contribution >= 4 is 0 Å². The van der Waals surface area contributed by atoms with E-state index in [2.05, 4.69) is 48.0 Å². The fraction of sp³-hybridized carbons (Fsp3) is 0.846. The Balaban J connectivity index is 2.18. The monoisotopic (exact) mass is 236 g/mol. The number of aromatic nitrogens is 3. The molecule has 17 heavy (non-hydrogen) atoms. The zero-order valence-electron chi connectivity index (χ0n) is 11.4. The summed E-state index contributed by atoms with van der Waals surface area (Å²) in [6, 6.07) is 0.413. The van der Waals surface area contributed by atoms with Crippen LogP contribution in [0.25, 0.3) is 0 Å². The van der Waals surface area contributed by atoms with Crippen molar-refractivity contribution in [1.82, 2.24) is 20.3 Å². The number of nitrogens with zero attached hydrogens (tertiary/aromatic N) is 3. The van der Waals surface area contributed by atoms with Gasteiger partial charge in [-0.25, -0.2) is 4.68 Å². The van der Waals surface area contributed by atoms with E-state index in [9.17, 15) is 0 Å². The third-order valence-electron chi connectivity index (χ3n) is 3.82. The van der Waals surface area contributed by atoms with E-state index in [0.717, 1.165) is 25.4 Å². The van der Waals surface area contributed by atoms with Crippen molar-refractivity contribution in [2.24, 2.45) is 11.3 Å². The maximum absolute atomic E-state index is 4.19. The van der Waals surface area contributed by atoms with Crippen molar-refractivity contribution in [2.45, 2.75) is 53.1 Å². The Labute approximate surface area is 104 Å². The van der Waals surface area contributed by atoms with Gasteiger partial charge >= 0.3 is 0 Å². The summed E-state index contributed by atoms with van der Waals surface area (Å²) in [6.45, 7) is 11.0. The molecule has 0 amide bonds. The summed E-state index contributed by atoms with van der Waals surface area (Å²) >= 11 is 0. The standard InChI is InChI=1S/C13H24N4/c1-5-7-17-11(9-15-16-17)12(14-6-2)10-8-13(10,3)4/h9-10,12,14H,5-8H2,1-4H3. The Morgan fingerprint density at radius 1 is 1.53 bits per heavy atom. The first-order valence-electron chi connectivity index (χ1n) is 6.72. The normalized spacial score (nSPS) is 23.6. The molecule has 1 fully saturated rings. The SMILES string of the molecule is CCCn1nncc1C(NCC)C1CC1(C)C. The first kappa shape index (κ1) is 12.6. The maximum atomic E-state index is 4.19. The highest BCUT2D eigenvalue weighted by Crippen LogP contribution is 2.57. The minimum absolute atomic E-state index is 0.413. The van der Waals surface area contributed by atoms with Crippen LogP contribution in [-0.4, -0.2) is 21.5 Å². The summed E-state index contributed by atoms with van der Waals surface area (Å²) in [5.74, 6) is 0.719. The molecule has 0 spiro atoms. The third-order valence-corrected chi connectivity index (χ3v) is 3.82. The molecule has 4 nitrogen and oxygen atoms in total. The molecule has 1 aromatic heterocycles. The lowest BCUT2D eigenvalue weighted by molar-refractivity contribution is 0.393. The fourth-order valence-corrected chi connectivity index (χ4v) is 2.64. The lowest BCUT2D eigenvalue weighted by Gasteiger charge is -2.20. The van der Waals surface area contributed by atoms with E-state index in [4.69, 9.17) is 0 Å². The third kappa shape index (κ3) is 2.51. The van der Waals surface area contributed by atoms with Gasteiger partial charge < -0.3 is 5.32 Å². The van der Waals surface area contributed by atoms with Gasteiger partial charge in [0.05, 0.1) is 17.9 Å². The van der Waals surface area contributed by atoms with E-state index in [1.165, 1.54) is 12.1 Å². The van der Waals surface area contributed by atoms with E-state index in [1.807, 2.05) is 6.20 Å². The van der Waals surface area contributed by atoms with Gasteiger partial charge in [-0.05, 0) is 30.7 Å². The quantitative estimate of drug-likeness (QED) is 0.824. The van der Waals surface area contributed by atoms with E-state index < -0.39 is 0 Å². The van der Waals surface area contributed by atoms with Gasteiger partial charge in [-0.1, -0.05) is 32.9 Å². The summed E-state index contributed by atoms with van der Waals surface area (Å²) in [7, 11) is 0. The van der Waals surface area contributed by atoms with Crippen LogP contribution in [0.3, 0.4) is 0 Å². The molecule has 1 N–H and O–H groups in total. The molecule has 2 unspecified atom stereocenters. The van der Waals surface area contributed by atoms with Crippen LogP contribution >= 0.6 is 0 Å². The molecule has 0 aromatic carbocycles. The predicted molar refractivity (Wildman–Crippen MR) is 68.6 cm³/mol. The summed E-state index contributed by atoms with van der Waals surface area (Å²) < 4.78 is 2.06. The molecule has 4 heteroatoms. The van der Waals surface area contributed by atoms with Gasteiger partial charge in [0.2, 0.25) is 0 Å². The predicted octanol–water partition coefficient (Wildman–Crippen LogP) is 2.38. The van der Waals surface area contributed by atoms with Gasteiger partial charge in [-0.2, -0.15) is 0 Å². The second kappa shape index (κ2) is 4.77. The van der Waals surface area contributed by atoms with Gasteiger partial charge in [0.15, 0.2) is 0 Å². The van der Waals surface area contributed by atoms with Gasteiger partial charge in [0.25, 0.3) is 0 Å². The van der Waals surface area contributed by atoms with Gasteiger partial charge in [0, 0.05) is 6.54 Å². The van der Waals surface area contributed by atoms with Crippen molar-refractivity contribution in [3.63, 3.8) is 0 Å². The van der Waals surface area contributed by atoms with Crippen molar-refractivity contribution in [3.05, 3.63) is 11.9 Å². The molecule has 1 aliphatic carbocycles. The maximum Gasteiger partial charge on any atom is 0.0759 e. The zero-order chi connectivity index (χ0) is 12.5. The topological polar surface area (TPSA) is 42.7 Å². The molecular formula is C13H24N4.